The number of anilines is 1. The number of nitrogens with one attached hydrogen (secondary N) is 2. The molecule has 0 saturated carbocycles. The molecule has 5 N–H and O–H groups in total. The van der Waals surface area contributed by atoms with Crippen molar-refractivity contribution in [3.63, 3.8) is 0 Å². The zero-order valence-corrected chi connectivity index (χ0v) is 12.7. The van der Waals surface area contributed by atoms with Gasteiger partial charge in [0.25, 0.3) is 0 Å². The molecule has 0 aliphatic rings. The van der Waals surface area contributed by atoms with Crippen LogP contribution in [0.4, 0.5) is 5.69 Å². The number of carboxylic acids is 1. The van der Waals surface area contributed by atoms with E-state index in [9.17, 15) is 21.6 Å². The van der Waals surface area contributed by atoms with Gasteiger partial charge in [0.1, 0.15) is 4.90 Å². The predicted molar refractivity (Wildman–Crippen MR) is 75.8 cm³/mol. The van der Waals surface area contributed by atoms with Crippen LogP contribution in [0.3, 0.4) is 0 Å². The Bertz CT molecular complexity index is 742. The fraction of sp³-hybridized carbons (Fsp3) is 0.300. The van der Waals surface area contributed by atoms with Crippen LogP contribution in [0.25, 0.3) is 0 Å². The van der Waals surface area contributed by atoms with E-state index in [0.717, 1.165) is 18.2 Å². The average molecular weight is 337 g/mol. The number of sulfonamides is 2. The Morgan fingerprint density at radius 2 is 1.90 bits per heavy atom. The molecule has 118 valence electrons. The third kappa shape index (κ3) is 4.67. The lowest BCUT2D eigenvalue weighted by atomic mass is 10.2. The molecule has 0 saturated heterocycles. The number of hydrogen-bond donors (Lipinski definition) is 4. The summed E-state index contributed by atoms with van der Waals surface area (Å²) in [5.74, 6) is -1.67. The molecule has 21 heavy (non-hydrogen) atoms. The van der Waals surface area contributed by atoms with Gasteiger partial charge in [0.05, 0.1) is 17.0 Å². The largest absolute Gasteiger partial charge is 0.478 e. The van der Waals surface area contributed by atoms with Crippen LogP contribution in [0.15, 0.2) is 23.1 Å². The van der Waals surface area contributed by atoms with Gasteiger partial charge in [0.15, 0.2) is 0 Å². The van der Waals surface area contributed by atoms with Crippen molar-refractivity contribution in [1.82, 2.24) is 9.44 Å². The predicted octanol–water partition coefficient (Wildman–Crippen LogP) is -1.21. The monoisotopic (exact) mass is 337 g/mol. The Labute approximate surface area is 122 Å². The summed E-state index contributed by atoms with van der Waals surface area (Å²) in [6.07, 6.45) is 0. The molecule has 0 aliphatic heterocycles. The number of aromatic carboxylic acids is 1. The third-order valence-corrected chi connectivity index (χ3v) is 5.42. The molecule has 1 aromatic carbocycles. The molecule has 1 rings (SSSR count). The summed E-state index contributed by atoms with van der Waals surface area (Å²) in [6.45, 7) is -0.342. The molecule has 9 nitrogen and oxygen atoms in total. The van der Waals surface area contributed by atoms with Crippen LogP contribution in [-0.2, 0) is 20.0 Å². The van der Waals surface area contributed by atoms with Gasteiger partial charge in [-0.25, -0.2) is 31.1 Å². The average Bonchev–Trinajstić information content (AvgIpc) is 2.37. The van der Waals surface area contributed by atoms with Crippen molar-refractivity contribution >= 4 is 31.7 Å². The number of carboxylic acid groups (broad SMARTS) is 1. The molecule has 11 heteroatoms. The van der Waals surface area contributed by atoms with Crippen molar-refractivity contribution in [2.75, 3.05) is 25.1 Å². The van der Waals surface area contributed by atoms with Crippen molar-refractivity contribution in [2.45, 2.75) is 4.90 Å². The summed E-state index contributed by atoms with van der Waals surface area (Å²) in [5.41, 5.74) is 5.13. The summed E-state index contributed by atoms with van der Waals surface area (Å²) in [4.78, 5) is 10.4. The second-order valence-corrected chi connectivity index (χ2v) is 7.76. The maximum Gasteiger partial charge on any atom is 0.335 e. The van der Waals surface area contributed by atoms with E-state index in [1.54, 1.807) is 0 Å². The minimum atomic E-state index is -4.02. The standard InChI is InChI=1S/C10H15N3O6S2/c1-12-20(16,17)5-4-13-21(18,19)9-3-2-7(10(14)15)6-8(9)11/h2-3,6,12-13H,4-5,11H2,1H3,(H,14,15). The number of rotatable bonds is 7. The lowest BCUT2D eigenvalue weighted by Gasteiger charge is -2.09. The van der Waals surface area contributed by atoms with E-state index in [0.29, 0.717) is 0 Å². The zero-order valence-electron chi connectivity index (χ0n) is 11.0. The Kier molecular flexibility index (Phi) is 5.28. The van der Waals surface area contributed by atoms with E-state index in [2.05, 4.69) is 4.72 Å². The van der Waals surface area contributed by atoms with Gasteiger partial charge in [0, 0.05) is 6.54 Å². The highest BCUT2D eigenvalue weighted by Gasteiger charge is 2.19. The van der Waals surface area contributed by atoms with E-state index in [-0.39, 0.29) is 22.7 Å². The van der Waals surface area contributed by atoms with Crippen LogP contribution in [0.1, 0.15) is 10.4 Å². The van der Waals surface area contributed by atoms with Gasteiger partial charge in [-0.2, -0.15) is 0 Å². The van der Waals surface area contributed by atoms with Crippen molar-refractivity contribution in [2.24, 2.45) is 0 Å². The summed E-state index contributed by atoms with van der Waals surface area (Å²) < 4.78 is 50.4. The topological polar surface area (TPSA) is 156 Å². The molecule has 0 fully saturated rings. The Morgan fingerprint density at radius 1 is 1.29 bits per heavy atom. The second kappa shape index (κ2) is 6.39. The van der Waals surface area contributed by atoms with E-state index in [1.807, 2.05) is 4.72 Å². The number of carbonyl (C=O) groups is 1. The smallest absolute Gasteiger partial charge is 0.335 e. The van der Waals surface area contributed by atoms with E-state index >= 15 is 0 Å². The fourth-order valence-corrected chi connectivity index (χ4v) is 3.26. The number of benzene rings is 1. The molecule has 0 unspecified atom stereocenters. The quantitative estimate of drug-likeness (QED) is 0.455. The van der Waals surface area contributed by atoms with Crippen molar-refractivity contribution in [3.8, 4) is 0 Å². The molecule has 0 radical (unpaired) electrons. The zero-order chi connectivity index (χ0) is 16.3. The first-order valence-corrected chi connectivity index (χ1v) is 8.76. The minimum absolute atomic E-state index is 0.149. The van der Waals surface area contributed by atoms with Crippen molar-refractivity contribution in [3.05, 3.63) is 23.8 Å². The second-order valence-electron chi connectivity index (χ2n) is 3.98. The summed E-state index contributed by atoms with van der Waals surface area (Å²) in [7, 11) is -6.35. The first-order valence-electron chi connectivity index (χ1n) is 5.63. The van der Waals surface area contributed by atoms with Crippen LogP contribution < -0.4 is 15.2 Å². The summed E-state index contributed by atoms with van der Waals surface area (Å²) in [6, 6.07) is 3.16. The van der Waals surface area contributed by atoms with Crippen LogP contribution >= 0.6 is 0 Å². The lowest BCUT2D eigenvalue weighted by molar-refractivity contribution is 0.0697. The molecule has 0 aliphatic carbocycles. The SMILES string of the molecule is CNS(=O)(=O)CCNS(=O)(=O)c1ccc(C(=O)O)cc1N. The molecule has 1 aromatic rings. The third-order valence-electron chi connectivity index (χ3n) is 2.52. The van der Waals surface area contributed by atoms with Gasteiger partial charge in [-0.05, 0) is 25.2 Å². The molecular formula is C10H15N3O6S2. The van der Waals surface area contributed by atoms with Gasteiger partial charge in [0.2, 0.25) is 20.0 Å². The van der Waals surface area contributed by atoms with E-state index < -0.39 is 31.8 Å². The van der Waals surface area contributed by atoms with Gasteiger partial charge < -0.3 is 10.8 Å². The van der Waals surface area contributed by atoms with E-state index in [1.165, 1.54) is 7.05 Å². The van der Waals surface area contributed by atoms with Crippen LogP contribution in [0.2, 0.25) is 0 Å². The van der Waals surface area contributed by atoms with Gasteiger partial charge in [-0.3, -0.25) is 0 Å². The number of nitrogens with two attached hydrogens (primary N) is 1. The minimum Gasteiger partial charge on any atom is -0.478 e. The molecule has 0 aromatic heterocycles. The molecule has 0 spiro atoms. The Balaban J connectivity index is 2.91. The Hall–Kier alpha value is -1.69. The van der Waals surface area contributed by atoms with Crippen LogP contribution in [0.5, 0.6) is 0 Å². The van der Waals surface area contributed by atoms with Crippen molar-refractivity contribution in [1.29, 1.82) is 0 Å². The summed E-state index contributed by atoms with van der Waals surface area (Å²) >= 11 is 0. The highest BCUT2D eigenvalue weighted by Crippen LogP contribution is 2.19. The fourth-order valence-electron chi connectivity index (χ4n) is 1.42. The van der Waals surface area contributed by atoms with Crippen LogP contribution in [0, 0.1) is 0 Å². The molecule has 0 bridgehead atoms. The maximum atomic E-state index is 12.0. The normalized spacial score (nSPS) is 12.2. The first-order chi connectivity index (χ1) is 9.59. The summed E-state index contributed by atoms with van der Waals surface area (Å²) in [5, 5.41) is 8.77. The van der Waals surface area contributed by atoms with Crippen LogP contribution in [-0.4, -0.2) is 47.3 Å². The highest BCUT2D eigenvalue weighted by molar-refractivity contribution is 7.90. The van der Waals surface area contributed by atoms with Gasteiger partial charge in [-0.1, -0.05) is 0 Å². The highest BCUT2D eigenvalue weighted by atomic mass is 32.2. The lowest BCUT2D eigenvalue weighted by Crippen LogP contribution is -2.33. The molecular weight excluding hydrogens is 322 g/mol. The van der Waals surface area contributed by atoms with E-state index in [4.69, 9.17) is 10.8 Å². The molecule has 0 atom stereocenters. The van der Waals surface area contributed by atoms with Gasteiger partial charge >= 0.3 is 5.97 Å². The Morgan fingerprint density at radius 3 is 2.38 bits per heavy atom. The number of hydrogen-bond acceptors (Lipinski definition) is 6. The molecule has 0 amide bonds. The maximum absolute atomic E-state index is 12.0. The first kappa shape index (κ1) is 17.4. The number of nitrogen functional groups attached to an aromatic ring is 1. The van der Waals surface area contributed by atoms with Crippen molar-refractivity contribution < 1.29 is 26.7 Å². The molecule has 0 heterocycles. The van der Waals surface area contributed by atoms with Gasteiger partial charge in [-0.15, -0.1) is 0 Å².